The predicted molar refractivity (Wildman–Crippen MR) is 70.4 cm³/mol. The van der Waals surface area contributed by atoms with Gasteiger partial charge in [-0.1, -0.05) is 6.07 Å². The van der Waals surface area contributed by atoms with E-state index in [-0.39, 0.29) is 12.6 Å². The lowest BCUT2D eigenvalue weighted by Crippen LogP contribution is -2.38. The Morgan fingerprint density at radius 1 is 1.61 bits per heavy atom. The summed E-state index contributed by atoms with van der Waals surface area (Å²) in [7, 11) is 1.69. The number of nitrogens with zero attached hydrogens (tertiary/aromatic N) is 1. The summed E-state index contributed by atoms with van der Waals surface area (Å²) >= 11 is 0. The molecule has 1 aromatic rings. The van der Waals surface area contributed by atoms with Crippen LogP contribution in [0.3, 0.4) is 0 Å². The molecular formula is C14H22N2O2. The molecule has 4 heteroatoms. The third kappa shape index (κ3) is 3.28. The number of fused-ring (bicyclic) bond motifs is 1. The zero-order chi connectivity index (χ0) is 12.8. The van der Waals surface area contributed by atoms with Gasteiger partial charge in [-0.05, 0) is 37.3 Å². The van der Waals surface area contributed by atoms with Crippen molar-refractivity contribution >= 4 is 0 Å². The summed E-state index contributed by atoms with van der Waals surface area (Å²) in [5, 5.41) is 12.6. The molecule has 0 fully saturated rings. The topological polar surface area (TPSA) is 54.4 Å². The maximum Gasteiger partial charge on any atom is 0.0616 e. The maximum absolute atomic E-state index is 9.08. The molecular weight excluding hydrogens is 228 g/mol. The van der Waals surface area contributed by atoms with Crippen LogP contribution in [0.5, 0.6) is 0 Å². The summed E-state index contributed by atoms with van der Waals surface area (Å²) in [5.74, 6) is 0. The molecule has 2 atom stereocenters. The predicted octanol–water partition coefficient (Wildman–Crippen LogP) is 1.45. The molecule has 0 spiro atoms. The van der Waals surface area contributed by atoms with Crippen LogP contribution in [0, 0.1) is 0 Å². The second kappa shape index (κ2) is 6.83. The molecule has 1 aliphatic carbocycles. The van der Waals surface area contributed by atoms with Crippen LogP contribution in [-0.2, 0) is 11.2 Å². The first-order valence-electron chi connectivity index (χ1n) is 6.64. The highest BCUT2D eigenvalue weighted by atomic mass is 16.5. The minimum Gasteiger partial charge on any atom is -0.396 e. The van der Waals surface area contributed by atoms with Gasteiger partial charge in [-0.2, -0.15) is 0 Å². The van der Waals surface area contributed by atoms with Gasteiger partial charge in [-0.25, -0.2) is 0 Å². The van der Waals surface area contributed by atoms with Crippen molar-refractivity contribution in [1.82, 2.24) is 10.3 Å². The molecule has 2 unspecified atom stereocenters. The Labute approximate surface area is 108 Å². The number of hydrogen-bond acceptors (Lipinski definition) is 4. The van der Waals surface area contributed by atoms with Crippen molar-refractivity contribution in [2.24, 2.45) is 0 Å². The molecule has 0 saturated carbocycles. The molecule has 0 saturated heterocycles. The van der Waals surface area contributed by atoms with E-state index in [1.165, 1.54) is 17.7 Å². The van der Waals surface area contributed by atoms with Crippen LogP contribution in [-0.4, -0.2) is 36.5 Å². The molecule has 0 amide bonds. The van der Waals surface area contributed by atoms with Gasteiger partial charge in [0.2, 0.25) is 0 Å². The van der Waals surface area contributed by atoms with E-state index >= 15 is 0 Å². The molecule has 1 aromatic heterocycles. The fraction of sp³-hybridized carbons (Fsp3) is 0.643. The monoisotopic (exact) mass is 250 g/mol. The van der Waals surface area contributed by atoms with Crippen LogP contribution < -0.4 is 5.32 Å². The van der Waals surface area contributed by atoms with Crippen LogP contribution in [0.4, 0.5) is 0 Å². The van der Waals surface area contributed by atoms with Gasteiger partial charge in [-0.3, -0.25) is 4.98 Å². The number of aliphatic hydroxyl groups is 1. The van der Waals surface area contributed by atoms with Crippen molar-refractivity contribution in [3.8, 4) is 0 Å². The number of nitrogens with one attached hydrogen (secondary N) is 1. The van der Waals surface area contributed by atoms with E-state index in [1.807, 2.05) is 12.3 Å². The van der Waals surface area contributed by atoms with Crippen molar-refractivity contribution in [2.75, 3.05) is 20.3 Å². The van der Waals surface area contributed by atoms with Crippen LogP contribution in [0.1, 0.15) is 36.6 Å². The first-order valence-corrected chi connectivity index (χ1v) is 6.64. The lowest BCUT2D eigenvalue weighted by atomic mass is 9.91. The van der Waals surface area contributed by atoms with Crippen molar-refractivity contribution in [3.05, 3.63) is 29.6 Å². The number of methoxy groups -OCH3 is 1. The van der Waals surface area contributed by atoms with Gasteiger partial charge >= 0.3 is 0 Å². The largest absolute Gasteiger partial charge is 0.396 e. The second-order valence-electron chi connectivity index (χ2n) is 4.82. The molecule has 18 heavy (non-hydrogen) atoms. The van der Waals surface area contributed by atoms with Crippen molar-refractivity contribution < 1.29 is 9.84 Å². The van der Waals surface area contributed by atoms with Crippen molar-refractivity contribution in [3.63, 3.8) is 0 Å². The lowest BCUT2D eigenvalue weighted by Gasteiger charge is -2.29. The number of rotatable bonds is 6. The van der Waals surface area contributed by atoms with Gasteiger partial charge in [0.25, 0.3) is 0 Å². The van der Waals surface area contributed by atoms with Crippen molar-refractivity contribution in [2.45, 2.75) is 37.8 Å². The third-order valence-corrected chi connectivity index (χ3v) is 3.48. The first kappa shape index (κ1) is 13.5. The standard InChI is InChI=1S/C14H22N2O2/c1-18-10-12(7-9-17)16-13-6-2-4-11-5-3-8-15-14(11)13/h3,5,8,12-13,16-17H,2,4,6-7,9-10H2,1H3. The summed E-state index contributed by atoms with van der Waals surface area (Å²) in [6, 6.07) is 4.65. The van der Waals surface area contributed by atoms with E-state index in [4.69, 9.17) is 9.84 Å². The Bertz CT molecular complexity index is 365. The van der Waals surface area contributed by atoms with Crippen LogP contribution in [0.2, 0.25) is 0 Å². The smallest absolute Gasteiger partial charge is 0.0616 e. The molecule has 1 heterocycles. The molecule has 0 aromatic carbocycles. The van der Waals surface area contributed by atoms with Crippen LogP contribution >= 0.6 is 0 Å². The van der Waals surface area contributed by atoms with E-state index in [9.17, 15) is 0 Å². The Balaban J connectivity index is 2.05. The van der Waals surface area contributed by atoms with E-state index < -0.39 is 0 Å². The quantitative estimate of drug-likeness (QED) is 0.802. The van der Waals surface area contributed by atoms with E-state index in [0.29, 0.717) is 19.1 Å². The van der Waals surface area contributed by atoms with Gasteiger partial charge in [0.05, 0.1) is 18.3 Å². The van der Waals surface area contributed by atoms with Gasteiger partial charge in [-0.15, -0.1) is 0 Å². The maximum atomic E-state index is 9.08. The third-order valence-electron chi connectivity index (χ3n) is 3.48. The average molecular weight is 250 g/mol. The Morgan fingerprint density at radius 2 is 2.50 bits per heavy atom. The number of pyridine rings is 1. The molecule has 0 aliphatic heterocycles. The number of ether oxygens (including phenoxy) is 1. The second-order valence-corrected chi connectivity index (χ2v) is 4.82. The normalized spacial score (nSPS) is 20.4. The highest BCUT2D eigenvalue weighted by Gasteiger charge is 2.23. The highest BCUT2D eigenvalue weighted by Crippen LogP contribution is 2.28. The van der Waals surface area contributed by atoms with Crippen molar-refractivity contribution in [1.29, 1.82) is 0 Å². The fourth-order valence-corrected chi connectivity index (χ4v) is 2.63. The highest BCUT2D eigenvalue weighted by molar-refractivity contribution is 5.25. The Morgan fingerprint density at radius 3 is 3.28 bits per heavy atom. The van der Waals surface area contributed by atoms with Crippen LogP contribution in [0.25, 0.3) is 0 Å². The van der Waals surface area contributed by atoms with E-state index in [0.717, 1.165) is 12.8 Å². The summed E-state index contributed by atoms with van der Waals surface area (Å²) in [6.07, 6.45) is 5.99. The number of aromatic nitrogens is 1. The summed E-state index contributed by atoms with van der Waals surface area (Å²) < 4.78 is 5.19. The Hall–Kier alpha value is -0.970. The number of hydrogen-bond donors (Lipinski definition) is 2. The summed E-state index contributed by atoms with van der Waals surface area (Å²) in [6.45, 7) is 0.808. The molecule has 0 radical (unpaired) electrons. The van der Waals surface area contributed by atoms with Gasteiger partial charge in [0.15, 0.2) is 0 Å². The zero-order valence-electron chi connectivity index (χ0n) is 10.9. The lowest BCUT2D eigenvalue weighted by molar-refractivity contribution is 0.140. The number of aliphatic hydroxyl groups excluding tert-OH is 1. The average Bonchev–Trinajstić information content (AvgIpc) is 2.40. The fourth-order valence-electron chi connectivity index (χ4n) is 2.63. The minimum atomic E-state index is 0.183. The van der Waals surface area contributed by atoms with E-state index in [1.54, 1.807) is 7.11 Å². The minimum absolute atomic E-state index is 0.183. The number of aryl methyl sites for hydroxylation is 1. The summed E-state index contributed by atoms with van der Waals surface area (Å²) in [4.78, 5) is 4.51. The van der Waals surface area contributed by atoms with Gasteiger partial charge in [0.1, 0.15) is 0 Å². The first-order chi connectivity index (χ1) is 8.85. The van der Waals surface area contributed by atoms with Gasteiger partial charge in [0, 0.05) is 26.0 Å². The summed E-state index contributed by atoms with van der Waals surface area (Å²) in [5.41, 5.74) is 2.52. The SMILES string of the molecule is COCC(CCO)NC1CCCc2cccnc21. The molecule has 1 aliphatic rings. The van der Waals surface area contributed by atoms with Gasteiger partial charge < -0.3 is 15.2 Å². The van der Waals surface area contributed by atoms with Crippen LogP contribution in [0.15, 0.2) is 18.3 Å². The molecule has 100 valence electrons. The van der Waals surface area contributed by atoms with E-state index in [2.05, 4.69) is 16.4 Å². The molecule has 2 N–H and O–H groups in total. The molecule has 2 rings (SSSR count). The molecule has 0 bridgehead atoms. The Kier molecular flexibility index (Phi) is 5.11. The molecule has 4 nitrogen and oxygen atoms in total. The zero-order valence-corrected chi connectivity index (χ0v) is 10.9.